The number of H-pyrrole nitrogens is 1. The van der Waals surface area contributed by atoms with Gasteiger partial charge in [0.05, 0.1) is 17.0 Å². The highest BCUT2D eigenvalue weighted by molar-refractivity contribution is 7.13. The average molecular weight is 207 g/mol. The summed E-state index contributed by atoms with van der Waals surface area (Å²) in [4.78, 5) is 14.7. The molecule has 0 aliphatic rings. The fraction of sp³-hybridized carbons (Fsp3) is 0.100. The Morgan fingerprint density at radius 1 is 1.43 bits per heavy atom. The van der Waals surface area contributed by atoms with Gasteiger partial charge in [-0.25, -0.2) is 0 Å². The van der Waals surface area contributed by atoms with Crippen LogP contribution in [0.5, 0.6) is 0 Å². The first kappa shape index (κ1) is 9.02. The average Bonchev–Trinajstić information content (AvgIpc) is 2.69. The lowest BCUT2D eigenvalue weighted by molar-refractivity contribution is -0.136. The molecule has 2 rings (SSSR count). The van der Waals surface area contributed by atoms with Crippen LogP contribution in [0, 0.1) is 0 Å². The number of aromatic amines is 1. The molecular formula is C10H9NO2S. The van der Waals surface area contributed by atoms with Gasteiger partial charge >= 0.3 is 5.97 Å². The molecule has 0 radical (unpaired) electrons. The molecule has 72 valence electrons. The van der Waals surface area contributed by atoms with Crippen molar-refractivity contribution in [2.24, 2.45) is 0 Å². The fourth-order valence-corrected chi connectivity index (χ4v) is 1.99. The van der Waals surface area contributed by atoms with Gasteiger partial charge in [0.25, 0.3) is 0 Å². The molecule has 0 bridgehead atoms. The minimum atomic E-state index is -0.815. The van der Waals surface area contributed by atoms with Gasteiger partial charge < -0.3 is 10.1 Å². The second-order valence-corrected chi connectivity index (χ2v) is 3.89. The van der Waals surface area contributed by atoms with Crippen molar-refractivity contribution in [2.75, 3.05) is 0 Å². The quantitative estimate of drug-likeness (QED) is 0.811. The molecule has 2 aromatic rings. The molecule has 0 aliphatic heterocycles. The highest BCUT2D eigenvalue weighted by Gasteiger charge is 2.05. The number of hydrogen-bond acceptors (Lipinski definition) is 2. The molecule has 0 saturated heterocycles. The summed E-state index contributed by atoms with van der Waals surface area (Å²) in [5, 5.41) is 10.6. The predicted molar refractivity (Wildman–Crippen MR) is 55.4 cm³/mol. The number of carboxylic acid groups (broad SMARTS) is 1. The lowest BCUT2D eigenvalue weighted by Gasteiger charge is -1.92. The number of carboxylic acids is 1. The van der Waals surface area contributed by atoms with Crippen LogP contribution < -0.4 is 0 Å². The monoisotopic (exact) mass is 207 g/mol. The molecule has 2 heterocycles. The van der Waals surface area contributed by atoms with E-state index in [4.69, 9.17) is 5.11 Å². The second kappa shape index (κ2) is 3.67. The number of aromatic nitrogens is 1. The van der Waals surface area contributed by atoms with E-state index in [-0.39, 0.29) is 6.42 Å². The van der Waals surface area contributed by atoms with E-state index in [1.54, 1.807) is 11.3 Å². The molecule has 0 fully saturated rings. The minimum Gasteiger partial charge on any atom is -0.481 e. The van der Waals surface area contributed by atoms with E-state index in [0.717, 1.165) is 16.3 Å². The first-order chi connectivity index (χ1) is 6.75. The van der Waals surface area contributed by atoms with Crippen molar-refractivity contribution in [1.82, 2.24) is 4.98 Å². The van der Waals surface area contributed by atoms with Gasteiger partial charge in [-0.1, -0.05) is 6.07 Å². The van der Waals surface area contributed by atoms with Crippen LogP contribution in [0.15, 0.2) is 29.6 Å². The highest BCUT2D eigenvalue weighted by atomic mass is 32.1. The van der Waals surface area contributed by atoms with Crippen molar-refractivity contribution in [2.45, 2.75) is 6.42 Å². The smallest absolute Gasteiger partial charge is 0.309 e. The summed E-state index contributed by atoms with van der Waals surface area (Å²) >= 11 is 1.63. The summed E-state index contributed by atoms with van der Waals surface area (Å²) in [5.41, 5.74) is 1.72. The first-order valence-corrected chi connectivity index (χ1v) is 5.07. The first-order valence-electron chi connectivity index (χ1n) is 4.19. The Labute approximate surface area is 85.0 Å². The molecule has 0 spiro atoms. The number of nitrogens with one attached hydrogen (secondary N) is 1. The van der Waals surface area contributed by atoms with Crippen molar-refractivity contribution in [3.05, 3.63) is 35.3 Å². The number of hydrogen-bond donors (Lipinski definition) is 2. The fourth-order valence-electron chi connectivity index (χ4n) is 1.28. The van der Waals surface area contributed by atoms with Gasteiger partial charge in [0, 0.05) is 5.69 Å². The van der Waals surface area contributed by atoms with Crippen molar-refractivity contribution in [1.29, 1.82) is 0 Å². The van der Waals surface area contributed by atoms with Crippen molar-refractivity contribution < 1.29 is 9.90 Å². The minimum absolute atomic E-state index is 0.0470. The largest absolute Gasteiger partial charge is 0.481 e. The molecule has 0 unspecified atom stereocenters. The summed E-state index contributed by atoms with van der Waals surface area (Å²) < 4.78 is 0. The maximum absolute atomic E-state index is 10.4. The Morgan fingerprint density at radius 2 is 2.29 bits per heavy atom. The van der Waals surface area contributed by atoms with E-state index in [1.807, 2.05) is 29.6 Å². The molecule has 4 heteroatoms. The van der Waals surface area contributed by atoms with Gasteiger partial charge in [-0.15, -0.1) is 11.3 Å². The van der Waals surface area contributed by atoms with Gasteiger partial charge in [0.2, 0.25) is 0 Å². The van der Waals surface area contributed by atoms with Crippen LogP contribution in [0.3, 0.4) is 0 Å². The summed E-state index contributed by atoms with van der Waals surface area (Å²) in [6.45, 7) is 0. The molecule has 3 nitrogen and oxygen atoms in total. The number of thiophene rings is 1. The summed E-state index contributed by atoms with van der Waals surface area (Å²) in [7, 11) is 0. The molecule has 0 aromatic carbocycles. The van der Waals surface area contributed by atoms with Crippen LogP contribution in [0.4, 0.5) is 0 Å². The molecule has 14 heavy (non-hydrogen) atoms. The Kier molecular flexibility index (Phi) is 2.37. The Bertz CT molecular complexity index is 431. The van der Waals surface area contributed by atoms with E-state index in [0.29, 0.717) is 0 Å². The molecule has 0 atom stereocenters. The molecule has 0 amide bonds. The summed E-state index contributed by atoms with van der Waals surface area (Å²) in [6, 6.07) is 7.69. The van der Waals surface area contributed by atoms with Crippen LogP contribution in [-0.2, 0) is 11.2 Å². The van der Waals surface area contributed by atoms with Gasteiger partial charge in [-0.2, -0.15) is 0 Å². The molecule has 0 aliphatic carbocycles. The van der Waals surface area contributed by atoms with Crippen LogP contribution in [-0.4, -0.2) is 16.1 Å². The Hall–Kier alpha value is -1.55. The number of rotatable bonds is 3. The molecular weight excluding hydrogens is 198 g/mol. The topological polar surface area (TPSA) is 53.1 Å². The van der Waals surface area contributed by atoms with Gasteiger partial charge in [0.15, 0.2) is 0 Å². The van der Waals surface area contributed by atoms with Crippen molar-refractivity contribution >= 4 is 17.3 Å². The SMILES string of the molecule is O=C(O)Cc1ccc(-c2cccs2)[nH]1. The van der Waals surface area contributed by atoms with E-state index in [9.17, 15) is 4.79 Å². The zero-order valence-corrected chi connectivity index (χ0v) is 8.17. The lowest BCUT2D eigenvalue weighted by atomic mass is 10.3. The Morgan fingerprint density at radius 3 is 2.93 bits per heavy atom. The van der Waals surface area contributed by atoms with Crippen LogP contribution >= 0.6 is 11.3 Å². The van der Waals surface area contributed by atoms with Gasteiger partial charge in [-0.05, 0) is 23.6 Å². The van der Waals surface area contributed by atoms with Crippen molar-refractivity contribution in [3.8, 4) is 10.6 Å². The molecule has 0 saturated carbocycles. The van der Waals surface area contributed by atoms with E-state index in [1.165, 1.54) is 0 Å². The second-order valence-electron chi connectivity index (χ2n) is 2.95. The number of aliphatic carboxylic acids is 1. The summed E-state index contributed by atoms with van der Waals surface area (Å²) in [6.07, 6.45) is 0.0470. The Balaban J connectivity index is 2.22. The third kappa shape index (κ3) is 1.85. The lowest BCUT2D eigenvalue weighted by Crippen LogP contribution is -1.99. The third-order valence-electron chi connectivity index (χ3n) is 1.87. The maximum atomic E-state index is 10.4. The van der Waals surface area contributed by atoms with Gasteiger partial charge in [0.1, 0.15) is 0 Å². The van der Waals surface area contributed by atoms with Crippen LogP contribution in [0.2, 0.25) is 0 Å². The maximum Gasteiger partial charge on any atom is 0.309 e. The standard InChI is InChI=1S/C10H9NO2S/c12-10(13)6-7-3-4-8(11-7)9-2-1-5-14-9/h1-5,11H,6H2,(H,12,13). The molecule has 2 N–H and O–H groups in total. The molecule has 2 aromatic heterocycles. The zero-order chi connectivity index (χ0) is 9.97. The highest BCUT2D eigenvalue weighted by Crippen LogP contribution is 2.23. The van der Waals surface area contributed by atoms with E-state index in [2.05, 4.69) is 4.98 Å². The van der Waals surface area contributed by atoms with Crippen LogP contribution in [0.1, 0.15) is 5.69 Å². The van der Waals surface area contributed by atoms with E-state index < -0.39 is 5.97 Å². The predicted octanol–water partition coefficient (Wildman–Crippen LogP) is 2.37. The van der Waals surface area contributed by atoms with Crippen LogP contribution in [0.25, 0.3) is 10.6 Å². The number of carbonyl (C=O) groups is 1. The van der Waals surface area contributed by atoms with Crippen molar-refractivity contribution in [3.63, 3.8) is 0 Å². The normalized spacial score (nSPS) is 10.3. The third-order valence-corrected chi connectivity index (χ3v) is 2.78. The zero-order valence-electron chi connectivity index (χ0n) is 7.36. The summed E-state index contributed by atoms with van der Waals surface area (Å²) in [5.74, 6) is -0.815. The van der Waals surface area contributed by atoms with Gasteiger partial charge in [-0.3, -0.25) is 4.79 Å². The van der Waals surface area contributed by atoms with E-state index >= 15 is 0 Å².